The molecule has 1 fully saturated rings. The van der Waals surface area contributed by atoms with Gasteiger partial charge in [0.15, 0.2) is 0 Å². The number of imidazole rings is 1. The fraction of sp³-hybridized carbons (Fsp3) is 0.529. The van der Waals surface area contributed by atoms with E-state index in [-0.39, 0.29) is 6.42 Å². The molecule has 124 valence electrons. The number of aliphatic carboxylic acids is 1. The van der Waals surface area contributed by atoms with E-state index in [1.54, 1.807) is 0 Å². The topological polar surface area (TPSA) is 61.1 Å². The van der Waals surface area contributed by atoms with Gasteiger partial charge < -0.3 is 14.4 Å². The molecule has 2 aromatic rings. The average Bonchev–Trinajstić information content (AvgIpc) is 2.95. The highest BCUT2D eigenvalue weighted by Gasteiger charge is 2.17. The van der Waals surface area contributed by atoms with Crippen LogP contribution in [0.1, 0.15) is 25.0 Å². The van der Waals surface area contributed by atoms with Gasteiger partial charge in [-0.05, 0) is 31.5 Å². The molecule has 0 unspecified atom stereocenters. The minimum atomic E-state index is -0.692. The predicted octanol–water partition coefficient (Wildman–Crippen LogP) is 1.71. The molecule has 6 nitrogen and oxygen atoms in total. The summed E-state index contributed by atoms with van der Waals surface area (Å²) in [6, 6.07) is 6.05. The lowest BCUT2D eigenvalue weighted by molar-refractivity contribution is -0.137. The molecule has 0 saturated carbocycles. The van der Waals surface area contributed by atoms with Crippen LogP contribution in [0, 0.1) is 0 Å². The fourth-order valence-electron chi connectivity index (χ4n) is 3.08. The lowest BCUT2D eigenvalue weighted by Crippen LogP contribution is -2.46. The zero-order chi connectivity index (χ0) is 16.1. The van der Waals surface area contributed by atoms with Gasteiger partial charge >= 0.3 is 5.97 Å². The molecule has 0 aliphatic carbocycles. The van der Waals surface area contributed by atoms with E-state index in [0.717, 1.165) is 63.5 Å². The maximum Gasteiger partial charge on any atom is 0.303 e. The predicted molar refractivity (Wildman–Crippen MR) is 88.4 cm³/mol. The molecule has 0 radical (unpaired) electrons. The van der Waals surface area contributed by atoms with E-state index in [9.17, 15) is 4.79 Å². The van der Waals surface area contributed by atoms with Crippen LogP contribution in [0.25, 0.3) is 5.65 Å². The summed E-state index contributed by atoms with van der Waals surface area (Å²) >= 11 is 0. The second-order valence-electron chi connectivity index (χ2n) is 6.17. The summed E-state index contributed by atoms with van der Waals surface area (Å²) in [6.07, 6.45) is 6.16. The molecule has 1 aliphatic rings. The van der Waals surface area contributed by atoms with Gasteiger partial charge in [-0.25, -0.2) is 4.98 Å². The van der Waals surface area contributed by atoms with Gasteiger partial charge in [0.1, 0.15) is 5.65 Å². The van der Waals surface area contributed by atoms with E-state index in [4.69, 9.17) is 5.11 Å². The van der Waals surface area contributed by atoms with Crippen molar-refractivity contribution in [3.63, 3.8) is 0 Å². The van der Waals surface area contributed by atoms with Crippen LogP contribution in [0.3, 0.4) is 0 Å². The van der Waals surface area contributed by atoms with Crippen LogP contribution in [0.2, 0.25) is 0 Å². The number of unbranched alkanes of at least 4 members (excludes halogenated alkanes) is 1. The summed E-state index contributed by atoms with van der Waals surface area (Å²) < 4.78 is 2.06. The molecule has 0 spiro atoms. The van der Waals surface area contributed by atoms with Crippen molar-refractivity contribution in [1.82, 2.24) is 19.2 Å². The molecular formula is C17H24N4O2. The van der Waals surface area contributed by atoms with Crippen LogP contribution < -0.4 is 0 Å². The molecule has 1 saturated heterocycles. The van der Waals surface area contributed by atoms with Gasteiger partial charge in [-0.15, -0.1) is 0 Å². The molecule has 1 aliphatic heterocycles. The lowest BCUT2D eigenvalue weighted by atomic mass is 10.2. The van der Waals surface area contributed by atoms with Gasteiger partial charge in [-0.1, -0.05) is 6.07 Å². The number of pyridine rings is 1. The van der Waals surface area contributed by atoms with Gasteiger partial charge in [0, 0.05) is 51.5 Å². The lowest BCUT2D eigenvalue weighted by Gasteiger charge is -2.34. The van der Waals surface area contributed by atoms with Crippen molar-refractivity contribution in [2.24, 2.45) is 0 Å². The molecule has 0 amide bonds. The van der Waals surface area contributed by atoms with E-state index < -0.39 is 5.97 Å². The SMILES string of the molecule is O=C(O)CCCCN1CCN(Cc2cn3ccccc3n2)CC1. The van der Waals surface area contributed by atoms with E-state index in [1.165, 1.54) is 0 Å². The van der Waals surface area contributed by atoms with Crippen molar-refractivity contribution >= 4 is 11.6 Å². The molecular weight excluding hydrogens is 292 g/mol. The van der Waals surface area contributed by atoms with E-state index >= 15 is 0 Å². The number of aromatic nitrogens is 2. The van der Waals surface area contributed by atoms with Crippen molar-refractivity contribution in [1.29, 1.82) is 0 Å². The standard InChI is InChI=1S/C17H24N4O2/c22-17(23)6-2-3-7-19-9-11-20(12-10-19)13-15-14-21-8-4-1-5-16(21)18-15/h1,4-5,8,14H,2-3,6-7,9-13H2,(H,22,23). The third-order valence-electron chi connectivity index (χ3n) is 4.38. The molecule has 0 bridgehead atoms. The van der Waals surface area contributed by atoms with Gasteiger partial charge in [0.05, 0.1) is 5.69 Å². The summed E-state index contributed by atoms with van der Waals surface area (Å²) in [5.41, 5.74) is 2.12. The van der Waals surface area contributed by atoms with Crippen LogP contribution in [0.4, 0.5) is 0 Å². The number of rotatable bonds is 7. The first-order valence-electron chi connectivity index (χ1n) is 8.30. The quantitative estimate of drug-likeness (QED) is 0.788. The third-order valence-corrected chi connectivity index (χ3v) is 4.38. The highest BCUT2D eigenvalue weighted by atomic mass is 16.4. The molecule has 1 N–H and O–H groups in total. The Morgan fingerprint density at radius 1 is 1.13 bits per heavy atom. The highest BCUT2D eigenvalue weighted by Crippen LogP contribution is 2.10. The summed E-state index contributed by atoms with van der Waals surface area (Å²) in [4.78, 5) is 20.0. The van der Waals surface area contributed by atoms with Crippen molar-refractivity contribution in [2.45, 2.75) is 25.8 Å². The molecule has 3 rings (SSSR count). The summed E-state index contributed by atoms with van der Waals surface area (Å²) in [5, 5.41) is 8.65. The van der Waals surface area contributed by atoms with Crippen LogP contribution in [0.5, 0.6) is 0 Å². The molecule has 6 heteroatoms. The summed E-state index contributed by atoms with van der Waals surface area (Å²) in [5.74, 6) is -0.692. The first-order valence-corrected chi connectivity index (χ1v) is 8.30. The molecule has 0 aromatic carbocycles. The Balaban J connectivity index is 1.41. The van der Waals surface area contributed by atoms with Gasteiger partial charge in [0.2, 0.25) is 0 Å². The van der Waals surface area contributed by atoms with Gasteiger partial charge in [-0.2, -0.15) is 0 Å². The van der Waals surface area contributed by atoms with E-state index in [0.29, 0.717) is 0 Å². The Morgan fingerprint density at radius 2 is 1.91 bits per heavy atom. The maximum absolute atomic E-state index is 10.5. The van der Waals surface area contributed by atoms with Crippen LogP contribution in [-0.4, -0.2) is 63.0 Å². The van der Waals surface area contributed by atoms with E-state index in [2.05, 4.69) is 25.4 Å². The smallest absolute Gasteiger partial charge is 0.303 e. The Bertz CT molecular complexity index is 614. The summed E-state index contributed by atoms with van der Waals surface area (Å²) in [7, 11) is 0. The number of carbonyl (C=O) groups is 1. The third kappa shape index (κ3) is 4.53. The number of hydrogen-bond acceptors (Lipinski definition) is 4. The Labute approximate surface area is 136 Å². The number of fused-ring (bicyclic) bond motifs is 1. The second-order valence-corrected chi connectivity index (χ2v) is 6.17. The normalized spacial score (nSPS) is 16.9. The average molecular weight is 316 g/mol. The minimum Gasteiger partial charge on any atom is -0.481 e. The second kappa shape index (κ2) is 7.57. The molecule has 0 atom stereocenters. The van der Waals surface area contributed by atoms with Crippen molar-refractivity contribution in [2.75, 3.05) is 32.7 Å². The number of nitrogens with zero attached hydrogens (tertiary/aromatic N) is 4. The minimum absolute atomic E-state index is 0.286. The van der Waals surface area contributed by atoms with E-state index in [1.807, 2.05) is 24.4 Å². The molecule has 2 aromatic heterocycles. The zero-order valence-electron chi connectivity index (χ0n) is 13.4. The van der Waals surface area contributed by atoms with Crippen LogP contribution >= 0.6 is 0 Å². The van der Waals surface area contributed by atoms with Crippen molar-refractivity contribution in [3.8, 4) is 0 Å². The maximum atomic E-state index is 10.5. The number of hydrogen-bond donors (Lipinski definition) is 1. The summed E-state index contributed by atoms with van der Waals surface area (Å²) in [6.45, 7) is 6.12. The van der Waals surface area contributed by atoms with Gasteiger partial charge in [0.25, 0.3) is 0 Å². The largest absolute Gasteiger partial charge is 0.481 e. The Kier molecular flexibility index (Phi) is 5.25. The monoisotopic (exact) mass is 316 g/mol. The van der Waals surface area contributed by atoms with Crippen LogP contribution in [-0.2, 0) is 11.3 Å². The van der Waals surface area contributed by atoms with Crippen molar-refractivity contribution < 1.29 is 9.90 Å². The number of carboxylic acid groups (broad SMARTS) is 1. The first-order chi connectivity index (χ1) is 11.2. The molecule has 23 heavy (non-hydrogen) atoms. The number of carboxylic acids is 1. The fourth-order valence-corrected chi connectivity index (χ4v) is 3.08. The van der Waals surface area contributed by atoms with Gasteiger partial charge in [-0.3, -0.25) is 9.69 Å². The van der Waals surface area contributed by atoms with Crippen molar-refractivity contribution in [3.05, 3.63) is 36.3 Å². The zero-order valence-corrected chi connectivity index (χ0v) is 13.4. The first kappa shape index (κ1) is 16.0. The van der Waals surface area contributed by atoms with Crippen LogP contribution in [0.15, 0.2) is 30.6 Å². The highest BCUT2D eigenvalue weighted by molar-refractivity contribution is 5.66. The Hall–Kier alpha value is -1.92. The Morgan fingerprint density at radius 3 is 2.65 bits per heavy atom. The molecule has 3 heterocycles. The number of piperazine rings is 1.